The molecule has 2 aromatic heterocycles. The van der Waals surface area contributed by atoms with E-state index in [2.05, 4.69) is 15.4 Å². The first kappa shape index (κ1) is 16.9. The monoisotopic (exact) mass is 339 g/mol. The Hall–Kier alpha value is -2.96. The molecular formula is C18H21N5O2. The van der Waals surface area contributed by atoms with Gasteiger partial charge in [-0.25, -0.2) is 4.79 Å². The number of hydrogen-bond donors (Lipinski definition) is 0. The summed E-state index contributed by atoms with van der Waals surface area (Å²) in [7, 11) is 1.57. The molecule has 0 aliphatic rings. The van der Waals surface area contributed by atoms with Crippen molar-refractivity contribution in [2.45, 2.75) is 34.3 Å². The molecule has 3 aromatic rings. The van der Waals surface area contributed by atoms with Gasteiger partial charge in [-0.05, 0) is 61.4 Å². The zero-order chi connectivity index (χ0) is 18.1. The van der Waals surface area contributed by atoms with Crippen molar-refractivity contribution in [3.8, 4) is 11.4 Å². The van der Waals surface area contributed by atoms with Gasteiger partial charge >= 0.3 is 5.69 Å². The highest BCUT2D eigenvalue weighted by Crippen LogP contribution is 2.23. The van der Waals surface area contributed by atoms with Crippen molar-refractivity contribution in [1.29, 1.82) is 0 Å². The molecule has 130 valence electrons. The van der Waals surface area contributed by atoms with Crippen molar-refractivity contribution in [3.63, 3.8) is 0 Å². The fourth-order valence-electron chi connectivity index (χ4n) is 2.63. The summed E-state index contributed by atoms with van der Waals surface area (Å²) in [6, 6.07) is 7.70. The number of rotatable bonds is 4. The molecule has 0 amide bonds. The summed E-state index contributed by atoms with van der Waals surface area (Å²) in [6.07, 6.45) is 0. The summed E-state index contributed by atoms with van der Waals surface area (Å²) in [6.45, 7) is 8.21. The molecule has 7 heteroatoms. The van der Waals surface area contributed by atoms with Crippen molar-refractivity contribution in [1.82, 2.24) is 24.8 Å². The van der Waals surface area contributed by atoms with E-state index in [-0.39, 0.29) is 5.69 Å². The van der Waals surface area contributed by atoms with Crippen LogP contribution in [-0.2, 0) is 13.7 Å². The minimum atomic E-state index is -0.295. The Labute approximate surface area is 145 Å². The van der Waals surface area contributed by atoms with E-state index in [1.807, 2.05) is 52.0 Å². The lowest BCUT2D eigenvalue weighted by Crippen LogP contribution is -2.23. The molecule has 0 fully saturated rings. The number of aromatic nitrogens is 5. The standard InChI is InChI=1S/C18H21N5O2/c1-11-7-6-8-16(23-18(24)22(5)20-21-23)15(11)10-25-17-9-12(2)13(3)19-14(17)4/h6-9H,10H2,1-5H3. The van der Waals surface area contributed by atoms with Gasteiger partial charge in [-0.15, -0.1) is 0 Å². The molecule has 25 heavy (non-hydrogen) atoms. The summed E-state index contributed by atoms with van der Waals surface area (Å²) in [5, 5.41) is 7.72. The number of benzene rings is 1. The van der Waals surface area contributed by atoms with Crippen molar-refractivity contribution in [2.24, 2.45) is 7.05 Å². The first-order valence-electron chi connectivity index (χ1n) is 8.04. The molecular weight excluding hydrogens is 318 g/mol. The number of ether oxygens (including phenoxy) is 1. The molecule has 3 rings (SSSR count). The van der Waals surface area contributed by atoms with Gasteiger partial charge in [0.15, 0.2) is 0 Å². The van der Waals surface area contributed by atoms with E-state index in [9.17, 15) is 4.79 Å². The Morgan fingerprint density at radius 3 is 2.48 bits per heavy atom. The van der Waals surface area contributed by atoms with Crippen LogP contribution in [0.1, 0.15) is 28.1 Å². The summed E-state index contributed by atoms with van der Waals surface area (Å²) >= 11 is 0. The molecule has 1 aromatic carbocycles. The highest BCUT2D eigenvalue weighted by atomic mass is 16.5. The van der Waals surface area contributed by atoms with Crippen LogP contribution in [0.4, 0.5) is 0 Å². The van der Waals surface area contributed by atoms with Crippen LogP contribution in [0.3, 0.4) is 0 Å². The summed E-state index contributed by atoms with van der Waals surface area (Å²) < 4.78 is 8.50. The van der Waals surface area contributed by atoms with Crippen LogP contribution in [0.5, 0.6) is 5.75 Å². The van der Waals surface area contributed by atoms with Crippen molar-refractivity contribution < 1.29 is 4.74 Å². The zero-order valence-electron chi connectivity index (χ0n) is 15.1. The van der Waals surface area contributed by atoms with Gasteiger partial charge < -0.3 is 4.74 Å². The molecule has 0 radical (unpaired) electrons. The maximum absolute atomic E-state index is 12.2. The number of hydrogen-bond acceptors (Lipinski definition) is 5. The Bertz CT molecular complexity index is 988. The van der Waals surface area contributed by atoms with E-state index in [4.69, 9.17) is 4.74 Å². The minimum Gasteiger partial charge on any atom is -0.487 e. The molecule has 0 N–H and O–H groups in total. The normalized spacial score (nSPS) is 10.9. The van der Waals surface area contributed by atoms with Crippen LogP contribution in [0.15, 0.2) is 29.1 Å². The topological polar surface area (TPSA) is 74.8 Å². The number of aryl methyl sites for hydroxylation is 5. The van der Waals surface area contributed by atoms with Gasteiger partial charge in [0.2, 0.25) is 0 Å². The van der Waals surface area contributed by atoms with Crippen molar-refractivity contribution in [3.05, 3.63) is 62.8 Å². The number of tetrazole rings is 1. The number of pyridine rings is 1. The first-order chi connectivity index (χ1) is 11.9. The fraction of sp³-hybridized carbons (Fsp3) is 0.333. The van der Waals surface area contributed by atoms with Gasteiger partial charge in [-0.2, -0.15) is 9.36 Å². The summed E-state index contributed by atoms with van der Waals surface area (Å²) in [5.74, 6) is 0.740. The molecule has 0 atom stereocenters. The third kappa shape index (κ3) is 3.17. The molecule has 2 heterocycles. The molecule has 0 aliphatic heterocycles. The van der Waals surface area contributed by atoms with Gasteiger partial charge in [0.05, 0.1) is 11.4 Å². The SMILES string of the molecule is Cc1cc(OCc2c(C)cccc2-n2nnn(C)c2=O)c(C)nc1C. The van der Waals surface area contributed by atoms with Gasteiger partial charge in [-0.1, -0.05) is 12.1 Å². The van der Waals surface area contributed by atoms with E-state index in [1.165, 1.54) is 9.36 Å². The van der Waals surface area contributed by atoms with Gasteiger partial charge in [0.1, 0.15) is 12.4 Å². The predicted molar refractivity (Wildman–Crippen MR) is 94.1 cm³/mol. The number of nitrogens with zero attached hydrogens (tertiary/aromatic N) is 5. The zero-order valence-corrected chi connectivity index (χ0v) is 15.1. The minimum absolute atomic E-state index is 0.295. The van der Waals surface area contributed by atoms with Crippen LogP contribution in [0, 0.1) is 27.7 Å². The molecule has 0 spiro atoms. The Morgan fingerprint density at radius 2 is 1.80 bits per heavy atom. The van der Waals surface area contributed by atoms with E-state index in [0.29, 0.717) is 12.3 Å². The highest BCUT2D eigenvalue weighted by Gasteiger charge is 2.14. The predicted octanol–water partition coefficient (Wildman–Crippen LogP) is 2.17. The van der Waals surface area contributed by atoms with Crippen LogP contribution in [0.2, 0.25) is 0 Å². The van der Waals surface area contributed by atoms with Crippen molar-refractivity contribution in [2.75, 3.05) is 0 Å². The van der Waals surface area contributed by atoms with E-state index >= 15 is 0 Å². The second kappa shape index (κ2) is 6.51. The first-order valence-corrected chi connectivity index (χ1v) is 8.04. The Morgan fingerprint density at radius 1 is 1.04 bits per heavy atom. The lowest BCUT2D eigenvalue weighted by Gasteiger charge is -2.15. The molecule has 7 nitrogen and oxygen atoms in total. The lowest BCUT2D eigenvalue weighted by atomic mass is 10.1. The largest absolute Gasteiger partial charge is 0.487 e. The van der Waals surface area contributed by atoms with Gasteiger partial charge in [0, 0.05) is 18.3 Å². The van der Waals surface area contributed by atoms with E-state index < -0.39 is 0 Å². The average molecular weight is 339 g/mol. The quantitative estimate of drug-likeness (QED) is 0.728. The molecule has 0 saturated heterocycles. The van der Waals surface area contributed by atoms with E-state index in [1.54, 1.807) is 7.05 Å². The Balaban J connectivity index is 1.97. The highest BCUT2D eigenvalue weighted by molar-refractivity contribution is 5.45. The van der Waals surface area contributed by atoms with Crippen LogP contribution < -0.4 is 10.4 Å². The van der Waals surface area contributed by atoms with Gasteiger partial charge in [0.25, 0.3) is 0 Å². The van der Waals surface area contributed by atoms with Crippen molar-refractivity contribution >= 4 is 0 Å². The second-order valence-electron chi connectivity index (χ2n) is 6.13. The third-order valence-corrected chi connectivity index (χ3v) is 4.32. The molecule has 0 bridgehead atoms. The van der Waals surface area contributed by atoms with Crippen LogP contribution >= 0.6 is 0 Å². The molecule has 0 aliphatic carbocycles. The third-order valence-electron chi connectivity index (χ3n) is 4.32. The lowest BCUT2D eigenvalue weighted by molar-refractivity contribution is 0.300. The molecule has 0 saturated carbocycles. The summed E-state index contributed by atoms with van der Waals surface area (Å²) in [4.78, 5) is 16.7. The maximum Gasteiger partial charge on any atom is 0.368 e. The maximum atomic E-state index is 12.2. The van der Waals surface area contributed by atoms with E-state index in [0.717, 1.165) is 33.8 Å². The fourth-order valence-corrected chi connectivity index (χ4v) is 2.63. The summed E-state index contributed by atoms with van der Waals surface area (Å²) in [5.41, 5.74) is 5.20. The van der Waals surface area contributed by atoms with Crippen LogP contribution in [-0.4, -0.2) is 24.8 Å². The second-order valence-corrected chi connectivity index (χ2v) is 6.13. The van der Waals surface area contributed by atoms with Crippen LogP contribution in [0.25, 0.3) is 5.69 Å². The average Bonchev–Trinajstić information content (AvgIpc) is 2.90. The van der Waals surface area contributed by atoms with Gasteiger partial charge in [-0.3, -0.25) is 4.98 Å². The smallest absolute Gasteiger partial charge is 0.368 e. The Kier molecular flexibility index (Phi) is 4.39. The molecule has 0 unspecified atom stereocenters.